The second kappa shape index (κ2) is 17.0. The summed E-state index contributed by atoms with van der Waals surface area (Å²) >= 11 is 0. The Bertz CT molecular complexity index is 1710. The number of sulfonamides is 1. The van der Waals surface area contributed by atoms with Crippen molar-refractivity contribution < 1.29 is 32.6 Å². The van der Waals surface area contributed by atoms with Gasteiger partial charge in [0.15, 0.2) is 0 Å². The number of carbonyl (C=O) groups excluding carboxylic acids is 1. The van der Waals surface area contributed by atoms with Crippen molar-refractivity contribution in [1.29, 1.82) is 0 Å². The molecule has 0 saturated carbocycles. The van der Waals surface area contributed by atoms with Gasteiger partial charge in [0.2, 0.25) is 15.9 Å². The molecule has 47 heavy (non-hydrogen) atoms. The minimum absolute atomic E-state index is 0.0352. The maximum atomic E-state index is 12.0. The maximum absolute atomic E-state index is 12.0. The van der Waals surface area contributed by atoms with Gasteiger partial charge in [-0.05, 0) is 85.0 Å². The van der Waals surface area contributed by atoms with Crippen molar-refractivity contribution >= 4 is 33.3 Å². The second-order valence-electron chi connectivity index (χ2n) is 11.2. The largest absolute Gasteiger partial charge is 0.494 e. The summed E-state index contributed by atoms with van der Waals surface area (Å²) in [4.78, 5) is 24.6. The summed E-state index contributed by atoms with van der Waals surface area (Å²) in [6.07, 6.45) is 2.44. The van der Waals surface area contributed by atoms with Crippen molar-refractivity contribution in [2.45, 2.75) is 45.7 Å². The number of amides is 1. The molecule has 0 aliphatic heterocycles. The number of hydrogen-bond donors (Lipinski definition) is 3. The fraction of sp³-hybridized carbons (Fsp3) is 0.278. The van der Waals surface area contributed by atoms with Crippen molar-refractivity contribution in [2.24, 2.45) is 0 Å². The van der Waals surface area contributed by atoms with Gasteiger partial charge in [-0.25, -0.2) is 8.42 Å². The molecule has 1 amide bonds. The van der Waals surface area contributed by atoms with Crippen LogP contribution in [0, 0.1) is 6.92 Å². The molecule has 4 rings (SSSR count). The Balaban J connectivity index is 1.32. The Labute approximate surface area is 276 Å². The van der Waals surface area contributed by atoms with E-state index in [1.165, 1.54) is 0 Å². The molecule has 0 bridgehead atoms. The quantitative estimate of drug-likeness (QED) is 0.103. The van der Waals surface area contributed by atoms with E-state index in [9.17, 15) is 18.0 Å². The highest BCUT2D eigenvalue weighted by molar-refractivity contribution is 7.92. The van der Waals surface area contributed by atoms with Gasteiger partial charge in [0.25, 0.3) is 0 Å². The maximum Gasteiger partial charge on any atom is 0.303 e. The molecule has 0 atom stereocenters. The Kier molecular flexibility index (Phi) is 12.6. The molecule has 0 aliphatic rings. The van der Waals surface area contributed by atoms with Gasteiger partial charge in [0, 0.05) is 38.2 Å². The summed E-state index contributed by atoms with van der Waals surface area (Å²) in [6.45, 7) is 3.88. The number of rotatable bonds is 18. The van der Waals surface area contributed by atoms with Gasteiger partial charge in [0.05, 0.1) is 18.6 Å². The van der Waals surface area contributed by atoms with E-state index in [0.29, 0.717) is 68.4 Å². The standard InChI is InChI=1S/C36H41N3O7S/c1-27-33(38-47(2,43)44)11-6-12-34(27)39(25-28-9-4-3-5-10-28)26-29-15-17-31(18-16-29)46-32-21-19-30(20-22-32)45-24-8-13-35(40)37-23-7-14-36(41)42/h3-6,9-12,15-22,38H,7-8,13-14,23-26H2,1-2H3,(H,37,40)(H,41,42). The topological polar surface area (TPSA) is 134 Å². The molecule has 11 heteroatoms. The molecule has 0 saturated heterocycles. The number of hydrogen-bond acceptors (Lipinski definition) is 7. The van der Waals surface area contributed by atoms with Crippen LogP contribution >= 0.6 is 0 Å². The van der Waals surface area contributed by atoms with Crippen LogP contribution in [0.15, 0.2) is 97.1 Å². The number of carboxylic acid groups (broad SMARTS) is 1. The monoisotopic (exact) mass is 659 g/mol. The van der Waals surface area contributed by atoms with E-state index in [1.54, 1.807) is 6.07 Å². The number of carbonyl (C=O) groups is 2. The zero-order valence-corrected chi connectivity index (χ0v) is 27.5. The van der Waals surface area contributed by atoms with E-state index < -0.39 is 16.0 Å². The van der Waals surface area contributed by atoms with Crippen LogP contribution in [0.3, 0.4) is 0 Å². The van der Waals surface area contributed by atoms with Gasteiger partial charge in [-0.15, -0.1) is 0 Å². The number of nitrogens with one attached hydrogen (secondary N) is 2. The molecule has 10 nitrogen and oxygen atoms in total. The molecule has 0 radical (unpaired) electrons. The van der Waals surface area contributed by atoms with Crippen LogP contribution in [0.4, 0.5) is 11.4 Å². The highest BCUT2D eigenvalue weighted by Gasteiger charge is 2.15. The summed E-state index contributed by atoms with van der Waals surface area (Å²) in [5.74, 6) is 1.01. The molecule has 4 aromatic carbocycles. The number of aliphatic carboxylic acids is 1. The number of carboxylic acids is 1. The molecule has 0 aromatic heterocycles. The Morgan fingerprint density at radius 1 is 0.766 bits per heavy atom. The molecule has 0 unspecified atom stereocenters. The normalized spacial score (nSPS) is 11.0. The third-order valence-electron chi connectivity index (χ3n) is 7.22. The van der Waals surface area contributed by atoms with Crippen LogP contribution in [-0.4, -0.2) is 44.8 Å². The number of benzene rings is 4. The van der Waals surface area contributed by atoms with Crippen molar-refractivity contribution in [3.05, 3.63) is 114 Å². The SMILES string of the molecule is Cc1c(NS(C)(=O)=O)cccc1N(Cc1ccccc1)Cc1ccc(Oc2ccc(OCCCC(=O)NCCCC(=O)O)cc2)cc1. The van der Waals surface area contributed by atoms with Crippen molar-refractivity contribution in [1.82, 2.24) is 5.32 Å². The lowest BCUT2D eigenvalue weighted by Gasteiger charge is -2.28. The zero-order valence-electron chi connectivity index (χ0n) is 26.6. The average Bonchev–Trinajstić information content (AvgIpc) is 3.04. The first-order chi connectivity index (χ1) is 22.6. The lowest BCUT2D eigenvalue weighted by molar-refractivity contribution is -0.137. The minimum Gasteiger partial charge on any atom is -0.494 e. The van der Waals surface area contributed by atoms with E-state index in [4.69, 9.17) is 14.6 Å². The Hall–Kier alpha value is -5.03. The van der Waals surface area contributed by atoms with Crippen LogP contribution in [0.1, 0.15) is 42.4 Å². The van der Waals surface area contributed by atoms with E-state index in [-0.39, 0.29) is 12.3 Å². The molecule has 3 N–H and O–H groups in total. The highest BCUT2D eigenvalue weighted by atomic mass is 32.2. The van der Waals surface area contributed by atoms with Crippen molar-refractivity contribution in [3.8, 4) is 17.2 Å². The summed E-state index contributed by atoms with van der Waals surface area (Å²) in [5, 5.41) is 11.4. The summed E-state index contributed by atoms with van der Waals surface area (Å²) in [6, 6.07) is 30.9. The fourth-order valence-electron chi connectivity index (χ4n) is 4.91. The Morgan fingerprint density at radius 3 is 2.02 bits per heavy atom. The first kappa shape index (κ1) is 34.8. The number of ether oxygens (including phenoxy) is 2. The zero-order chi connectivity index (χ0) is 33.6. The molecule has 0 heterocycles. The van der Waals surface area contributed by atoms with Gasteiger partial charge in [-0.3, -0.25) is 14.3 Å². The van der Waals surface area contributed by atoms with E-state index in [1.807, 2.05) is 85.8 Å². The molecular formula is C36H41N3O7S. The summed E-state index contributed by atoms with van der Waals surface area (Å²) in [7, 11) is -3.42. The second-order valence-corrected chi connectivity index (χ2v) is 12.9. The van der Waals surface area contributed by atoms with E-state index in [2.05, 4.69) is 27.1 Å². The van der Waals surface area contributed by atoms with Crippen molar-refractivity contribution in [3.63, 3.8) is 0 Å². The van der Waals surface area contributed by atoms with Gasteiger partial charge in [-0.1, -0.05) is 48.5 Å². The van der Waals surface area contributed by atoms with Crippen LogP contribution in [0.5, 0.6) is 17.2 Å². The van der Waals surface area contributed by atoms with Gasteiger partial charge < -0.3 is 24.8 Å². The van der Waals surface area contributed by atoms with Gasteiger partial charge in [0.1, 0.15) is 17.2 Å². The summed E-state index contributed by atoms with van der Waals surface area (Å²) in [5.41, 5.74) is 4.53. The van der Waals surface area contributed by atoms with E-state index >= 15 is 0 Å². The van der Waals surface area contributed by atoms with Crippen LogP contribution in [0.25, 0.3) is 0 Å². The first-order valence-corrected chi connectivity index (χ1v) is 17.3. The van der Waals surface area contributed by atoms with Crippen LogP contribution in [0.2, 0.25) is 0 Å². The van der Waals surface area contributed by atoms with Gasteiger partial charge >= 0.3 is 5.97 Å². The molecule has 0 spiro atoms. The number of anilines is 2. The predicted molar refractivity (Wildman–Crippen MR) is 184 cm³/mol. The summed E-state index contributed by atoms with van der Waals surface area (Å²) < 4.78 is 38.3. The molecule has 4 aromatic rings. The molecule has 0 aliphatic carbocycles. The van der Waals surface area contributed by atoms with Crippen molar-refractivity contribution in [2.75, 3.05) is 29.0 Å². The third-order valence-corrected chi connectivity index (χ3v) is 7.81. The van der Waals surface area contributed by atoms with E-state index in [0.717, 1.165) is 28.6 Å². The van der Waals surface area contributed by atoms with Crippen LogP contribution < -0.4 is 24.4 Å². The fourth-order valence-corrected chi connectivity index (χ4v) is 5.53. The highest BCUT2D eigenvalue weighted by Crippen LogP contribution is 2.31. The minimum atomic E-state index is -3.42. The molecule has 0 fully saturated rings. The average molecular weight is 660 g/mol. The Morgan fingerprint density at radius 2 is 1.38 bits per heavy atom. The predicted octanol–water partition coefficient (Wildman–Crippen LogP) is 6.51. The lowest BCUT2D eigenvalue weighted by atomic mass is 10.1. The van der Waals surface area contributed by atoms with Gasteiger partial charge in [-0.2, -0.15) is 0 Å². The first-order valence-electron chi connectivity index (χ1n) is 15.4. The van der Waals surface area contributed by atoms with Crippen LogP contribution in [-0.2, 0) is 32.7 Å². The third kappa shape index (κ3) is 12.0. The molecule has 248 valence electrons. The lowest BCUT2D eigenvalue weighted by Crippen LogP contribution is -2.25. The smallest absolute Gasteiger partial charge is 0.303 e. The molecular weight excluding hydrogens is 618 g/mol. The number of nitrogens with zero attached hydrogens (tertiary/aromatic N) is 1.